The number of benzene rings is 5. The fraction of sp³-hybridized carbons (Fsp3) is 0. The van der Waals surface area contributed by atoms with Crippen LogP contribution < -0.4 is 0 Å². The molecular formula is C35H23N3. The van der Waals surface area contributed by atoms with Gasteiger partial charge in [0.1, 0.15) is 5.65 Å². The standard InChI is InChI=1S/C35H23N3/c1-3-12-24(13-4-1)37-31-20-9-7-16-26(31)28-18-11-19-29(34(28)37)27-22-23-36-35-33(27)30-17-8-10-21-32(30)38(35)25-14-5-2-6-15-25/h1-23H. The lowest BCUT2D eigenvalue weighted by molar-refractivity contribution is 1.14. The second kappa shape index (κ2) is 8.19. The van der Waals surface area contributed by atoms with Crippen LogP contribution in [0.1, 0.15) is 0 Å². The van der Waals surface area contributed by atoms with E-state index in [0.717, 1.165) is 22.5 Å². The Balaban J connectivity index is 1.55. The number of hydrogen-bond donors (Lipinski definition) is 0. The van der Waals surface area contributed by atoms with Crippen LogP contribution >= 0.6 is 0 Å². The molecule has 3 heteroatoms. The number of fused-ring (bicyclic) bond motifs is 6. The minimum absolute atomic E-state index is 0.967. The average Bonchev–Trinajstić information content (AvgIpc) is 3.51. The highest BCUT2D eigenvalue weighted by Gasteiger charge is 2.21. The van der Waals surface area contributed by atoms with E-state index in [-0.39, 0.29) is 0 Å². The van der Waals surface area contributed by atoms with E-state index in [1.165, 1.54) is 43.7 Å². The smallest absolute Gasteiger partial charge is 0.146 e. The molecule has 0 aliphatic heterocycles. The summed E-state index contributed by atoms with van der Waals surface area (Å²) >= 11 is 0. The van der Waals surface area contributed by atoms with E-state index < -0.39 is 0 Å². The van der Waals surface area contributed by atoms with E-state index >= 15 is 0 Å². The topological polar surface area (TPSA) is 22.8 Å². The molecule has 0 aliphatic carbocycles. The second-order valence-electron chi connectivity index (χ2n) is 9.64. The maximum Gasteiger partial charge on any atom is 0.146 e. The number of para-hydroxylation sites is 5. The van der Waals surface area contributed by atoms with Gasteiger partial charge < -0.3 is 4.57 Å². The van der Waals surface area contributed by atoms with Gasteiger partial charge in [-0.1, -0.05) is 91.0 Å². The highest BCUT2D eigenvalue weighted by atomic mass is 15.0. The molecular weight excluding hydrogens is 462 g/mol. The van der Waals surface area contributed by atoms with E-state index in [4.69, 9.17) is 4.98 Å². The van der Waals surface area contributed by atoms with Crippen LogP contribution in [-0.2, 0) is 0 Å². The SMILES string of the molecule is c1ccc(-n2c3ccccc3c3c(-c4cccc5c6ccccc6n(-c6ccccc6)c45)ccnc32)cc1. The van der Waals surface area contributed by atoms with E-state index in [1.807, 2.05) is 6.20 Å². The minimum atomic E-state index is 0.967. The summed E-state index contributed by atoms with van der Waals surface area (Å²) < 4.78 is 4.68. The monoisotopic (exact) mass is 485 g/mol. The minimum Gasteiger partial charge on any atom is -0.309 e. The van der Waals surface area contributed by atoms with Crippen molar-refractivity contribution in [2.24, 2.45) is 0 Å². The largest absolute Gasteiger partial charge is 0.309 e. The van der Waals surface area contributed by atoms with Gasteiger partial charge in [0.25, 0.3) is 0 Å². The van der Waals surface area contributed by atoms with Crippen molar-refractivity contribution in [3.63, 3.8) is 0 Å². The average molecular weight is 486 g/mol. The first-order valence-corrected chi connectivity index (χ1v) is 12.9. The van der Waals surface area contributed by atoms with Crippen molar-refractivity contribution in [3.05, 3.63) is 140 Å². The van der Waals surface area contributed by atoms with E-state index in [1.54, 1.807) is 0 Å². The summed E-state index contributed by atoms with van der Waals surface area (Å²) in [5.74, 6) is 0. The molecule has 38 heavy (non-hydrogen) atoms. The van der Waals surface area contributed by atoms with Crippen LogP contribution in [0.4, 0.5) is 0 Å². The fourth-order valence-electron chi connectivity index (χ4n) is 6.02. The van der Waals surface area contributed by atoms with Crippen molar-refractivity contribution in [2.75, 3.05) is 0 Å². The summed E-state index contributed by atoms with van der Waals surface area (Å²) in [7, 11) is 0. The molecule has 3 heterocycles. The lowest BCUT2D eigenvalue weighted by Gasteiger charge is -2.13. The van der Waals surface area contributed by atoms with Crippen LogP contribution in [0.25, 0.3) is 66.2 Å². The first kappa shape index (κ1) is 21.0. The second-order valence-corrected chi connectivity index (χ2v) is 9.64. The van der Waals surface area contributed by atoms with Gasteiger partial charge in [-0.3, -0.25) is 4.57 Å². The number of pyridine rings is 1. The van der Waals surface area contributed by atoms with E-state index in [9.17, 15) is 0 Å². The Morgan fingerprint density at radius 3 is 1.74 bits per heavy atom. The molecule has 5 aromatic carbocycles. The molecule has 3 aromatic heterocycles. The third-order valence-electron chi connectivity index (χ3n) is 7.57. The molecule has 0 radical (unpaired) electrons. The Morgan fingerprint density at radius 1 is 0.421 bits per heavy atom. The van der Waals surface area contributed by atoms with Gasteiger partial charge in [-0.15, -0.1) is 0 Å². The molecule has 0 unspecified atom stereocenters. The van der Waals surface area contributed by atoms with Crippen molar-refractivity contribution in [2.45, 2.75) is 0 Å². The third kappa shape index (κ3) is 2.93. The van der Waals surface area contributed by atoms with Gasteiger partial charge in [-0.25, -0.2) is 4.98 Å². The van der Waals surface area contributed by atoms with Crippen LogP contribution in [0.3, 0.4) is 0 Å². The lowest BCUT2D eigenvalue weighted by Crippen LogP contribution is -1.96. The molecule has 3 nitrogen and oxygen atoms in total. The van der Waals surface area contributed by atoms with Crippen molar-refractivity contribution in [1.29, 1.82) is 0 Å². The van der Waals surface area contributed by atoms with Gasteiger partial charge in [0.15, 0.2) is 0 Å². The Bertz CT molecular complexity index is 2120. The predicted molar refractivity (Wildman–Crippen MR) is 158 cm³/mol. The lowest BCUT2D eigenvalue weighted by atomic mass is 9.98. The van der Waals surface area contributed by atoms with Crippen molar-refractivity contribution in [1.82, 2.24) is 14.1 Å². The highest BCUT2D eigenvalue weighted by molar-refractivity contribution is 6.19. The molecule has 8 rings (SSSR count). The molecule has 0 aliphatic rings. The number of aromatic nitrogens is 3. The molecule has 0 saturated carbocycles. The van der Waals surface area contributed by atoms with Gasteiger partial charge in [0, 0.05) is 44.7 Å². The molecule has 0 spiro atoms. The molecule has 178 valence electrons. The number of rotatable bonds is 3. The first-order chi connectivity index (χ1) is 18.9. The maximum atomic E-state index is 4.94. The van der Waals surface area contributed by atoms with Crippen LogP contribution in [-0.4, -0.2) is 14.1 Å². The van der Waals surface area contributed by atoms with Crippen LogP contribution in [0.2, 0.25) is 0 Å². The van der Waals surface area contributed by atoms with E-state index in [2.05, 4.69) is 143 Å². The molecule has 0 fully saturated rings. The molecule has 0 saturated heterocycles. The number of nitrogens with zero attached hydrogens (tertiary/aromatic N) is 3. The Labute approximate surface area is 219 Å². The summed E-state index contributed by atoms with van der Waals surface area (Å²) in [5, 5.41) is 4.88. The Morgan fingerprint density at radius 2 is 1.00 bits per heavy atom. The molecule has 0 amide bonds. The zero-order chi connectivity index (χ0) is 25.1. The molecule has 0 bridgehead atoms. The normalized spacial score (nSPS) is 11.7. The summed E-state index contributed by atoms with van der Waals surface area (Å²) in [6.45, 7) is 0. The fourth-order valence-corrected chi connectivity index (χ4v) is 6.02. The summed E-state index contributed by atoms with van der Waals surface area (Å²) in [4.78, 5) is 4.94. The Hall–Kier alpha value is -5.15. The van der Waals surface area contributed by atoms with E-state index in [0.29, 0.717) is 0 Å². The summed E-state index contributed by atoms with van der Waals surface area (Å²) in [6, 6.07) is 47.4. The van der Waals surface area contributed by atoms with Gasteiger partial charge in [0.05, 0.1) is 16.6 Å². The quantitative estimate of drug-likeness (QED) is 0.245. The predicted octanol–water partition coefficient (Wildman–Crippen LogP) is 8.94. The molecule has 8 aromatic rings. The number of hydrogen-bond acceptors (Lipinski definition) is 1. The van der Waals surface area contributed by atoms with Crippen LogP contribution in [0, 0.1) is 0 Å². The summed E-state index contributed by atoms with van der Waals surface area (Å²) in [5.41, 5.74) is 9.20. The highest BCUT2D eigenvalue weighted by Crippen LogP contribution is 2.42. The van der Waals surface area contributed by atoms with Crippen molar-refractivity contribution in [3.8, 4) is 22.5 Å². The summed E-state index contributed by atoms with van der Waals surface area (Å²) in [6.07, 6.45) is 1.95. The van der Waals surface area contributed by atoms with Gasteiger partial charge in [-0.05, 0) is 48.0 Å². The van der Waals surface area contributed by atoms with Crippen molar-refractivity contribution < 1.29 is 0 Å². The zero-order valence-corrected chi connectivity index (χ0v) is 20.6. The van der Waals surface area contributed by atoms with Crippen LogP contribution in [0.15, 0.2) is 140 Å². The first-order valence-electron chi connectivity index (χ1n) is 12.9. The maximum absolute atomic E-state index is 4.94. The van der Waals surface area contributed by atoms with Gasteiger partial charge in [0.2, 0.25) is 0 Å². The van der Waals surface area contributed by atoms with Crippen molar-refractivity contribution >= 4 is 43.7 Å². The Kier molecular flexibility index (Phi) is 4.52. The zero-order valence-electron chi connectivity index (χ0n) is 20.6. The third-order valence-corrected chi connectivity index (χ3v) is 7.57. The molecule has 0 N–H and O–H groups in total. The van der Waals surface area contributed by atoms with Gasteiger partial charge >= 0.3 is 0 Å². The molecule has 0 atom stereocenters. The van der Waals surface area contributed by atoms with Crippen LogP contribution in [0.5, 0.6) is 0 Å². The van der Waals surface area contributed by atoms with Gasteiger partial charge in [-0.2, -0.15) is 0 Å².